The van der Waals surface area contributed by atoms with Crippen LogP contribution < -0.4 is 0 Å². The van der Waals surface area contributed by atoms with Gasteiger partial charge in [0.1, 0.15) is 0 Å². The molecule has 2 aromatic carbocycles. The molecule has 0 N–H and O–H groups in total. The van der Waals surface area contributed by atoms with E-state index in [9.17, 15) is 4.79 Å². The zero-order valence-electron chi connectivity index (χ0n) is 10.6. The number of halogens is 1. The smallest absolute Gasteiger partial charge is 0.338 e. The predicted octanol–water partition coefficient (Wildman–Crippen LogP) is 4.20. The van der Waals surface area contributed by atoms with E-state index in [2.05, 4.69) is 28.1 Å². The zero-order chi connectivity index (χ0) is 13.4. The van der Waals surface area contributed by atoms with Crippen LogP contribution in [0.3, 0.4) is 0 Å². The molecule has 19 heavy (non-hydrogen) atoms. The Labute approximate surface area is 120 Å². The Kier molecular flexibility index (Phi) is 3.15. The largest absolute Gasteiger partial charge is 0.462 e. The highest BCUT2D eigenvalue weighted by atomic mass is 79.9. The van der Waals surface area contributed by atoms with Crippen molar-refractivity contribution in [1.29, 1.82) is 0 Å². The molecule has 0 radical (unpaired) electrons. The number of esters is 1. The summed E-state index contributed by atoms with van der Waals surface area (Å²) in [5.74, 6) is -0.256. The Balaban J connectivity index is 2.08. The summed E-state index contributed by atoms with van der Waals surface area (Å²) in [5.41, 5.74) is 5.51. The number of carbonyl (C=O) groups is 1. The van der Waals surface area contributed by atoms with Crippen LogP contribution in [0.1, 0.15) is 28.4 Å². The molecule has 0 aromatic heterocycles. The molecule has 0 spiro atoms. The van der Waals surface area contributed by atoms with Gasteiger partial charge in [-0.25, -0.2) is 4.79 Å². The Morgan fingerprint density at radius 2 is 2.11 bits per heavy atom. The second-order valence-electron chi connectivity index (χ2n) is 4.54. The molecule has 2 nitrogen and oxygen atoms in total. The van der Waals surface area contributed by atoms with Crippen molar-refractivity contribution in [3.8, 4) is 11.1 Å². The van der Waals surface area contributed by atoms with Crippen LogP contribution in [-0.2, 0) is 11.2 Å². The summed E-state index contributed by atoms with van der Waals surface area (Å²) in [6.07, 6.45) is 0.912. The average Bonchev–Trinajstić information content (AvgIpc) is 2.78. The van der Waals surface area contributed by atoms with Gasteiger partial charge < -0.3 is 4.74 Å². The summed E-state index contributed by atoms with van der Waals surface area (Å²) in [5, 5.41) is 0. The topological polar surface area (TPSA) is 26.3 Å². The number of rotatable bonds is 2. The SMILES string of the molecule is CCOC(=O)c1ccc2c(c1)-c1cccc(Br)c1C2. The van der Waals surface area contributed by atoms with Crippen molar-refractivity contribution in [3.63, 3.8) is 0 Å². The van der Waals surface area contributed by atoms with Crippen molar-refractivity contribution in [3.05, 3.63) is 57.6 Å². The fourth-order valence-electron chi connectivity index (χ4n) is 2.50. The van der Waals surface area contributed by atoms with Crippen LogP contribution in [0.5, 0.6) is 0 Å². The van der Waals surface area contributed by atoms with Crippen LogP contribution >= 0.6 is 15.9 Å². The van der Waals surface area contributed by atoms with Gasteiger partial charge in [-0.05, 0) is 53.8 Å². The first-order chi connectivity index (χ1) is 9.20. The van der Waals surface area contributed by atoms with Crippen molar-refractivity contribution in [2.45, 2.75) is 13.3 Å². The number of hydrogen-bond acceptors (Lipinski definition) is 2. The van der Waals surface area contributed by atoms with Gasteiger partial charge in [0.25, 0.3) is 0 Å². The van der Waals surface area contributed by atoms with Crippen molar-refractivity contribution in [2.24, 2.45) is 0 Å². The summed E-state index contributed by atoms with van der Waals surface area (Å²) >= 11 is 3.59. The highest BCUT2D eigenvalue weighted by Crippen LogP contribution is 2.40. The summed E-state index contributed by atoms with van der Waals surface area (Å²) in [6, 6.07) is 12.0. The monoisotopic (exact) mass is 316 g/mol. The normalized spacial score (nSPS) is 11.9. The van der Waals surface area contributed by atoms with Gasteiger partial charge in [0, 0.05) is 4.47 Å². The van der Waals surface area contributed by atoms with E-state index >= 15 is 0 Å². The van der Waals surface area contributed by atoms with Crippen molar-refractivity contribution >= 4 is 21.9 Å². The molecule has 3 rings (SSSR count). The summed E-state index contributed by atoms with van der Waals surface area (Å²) < 4.78 is 6.18. The Morgan fingerprint density at radius 3 is 2.89 bits per heavy atom. The molecule has 3 heteroatoms. The van der Waals surface area contributed by atoms with Crippen LogP contribution in [0.15, 0.2) is 40.9 Å². The second kappa shape index (κ2) is 4.82. The third kappa shape index (κ3) is 2.08. The molecule has 1 aliphatic carbocycles. The molecule has 2 aromatic rings. The molecular weight excluding hydrogens is 304 g/mol. The highest BCUT2D eigenvalue weighted by molar-refractivity contribution is 9.10. The van der Waals surface area contributed by atoms with E-state index in [0.717, 1.165) is 16.5 Å². The van der Waals surface area contributed by atoms with Gasteiger partial charge >= 0.3 is 5.97 Å². The van der Waals surface area contributed by atoms with E-state index in [1.54, 1.807) is 0 Å². The van der Waals surface area contributed by atoms with Gasteiger partial charge in [-0.2, -0.15) is 0 Å². The first-order valence-electron chi connectivity index (χ1n) is 6.28. The number of hydrogen-bond donors (Lipinski definition) is 0. The first-order valence-corrected chi connectivity index (χ1v) is 7.08. The van der Waals surface area contributed by atoms with Gasteiger partial charge in [0.15, 0.2) is 0 Å². The number of carbonyl (C=O) groups excluding carboxylic acids is 1. The lowest BCUT2D eigenvalue weighted by Gasteiger charge is -2.05. The molecule has 0 fully saturated rings. The molecule has 0 bridgehead atoms. The van der Waals surface area contributed by atoms with Gasteiger partial charge in [-0.15, -0.1) is 0 Å². The van der Waals surface area contributed by atoms with Crippen LogP contribution in [0.25, 0.3) is 11.1 Å². The summed E-state index contributed by atoms with van der Waals surface area (Å²) in [7, 11) is 0. The van der Waals surface area contributed by atoms with Crippen LogP contribution in [0.4, 0.5) is 0 Å². The molecule has 96 valence electrons. The molecule has 0 amide bonds. The molecule has 0 saturated heterocycles. The van der Waals surface area contributed by atoms with Crippen LogP contribution in [-0.4, -0.2) is 12.6 Å². The van der Waals surface area contributed by atoms with E-state index in [1.165, 1.54) is 16.7 Å². The maximum atomic E-state index is 11.8. The first kappa shape index (κ1) is 12.4. The van der Waals surface area contributed by atoms with Gasteiger partial charge in [-0.3, -0.25) is 0 Å². The number of fused-ring (bicyclic) bond motifs is 3. The highest BCUT2D eigenvalue weighted by Gasteiger charge is 2.21. The van der Waals surface area contributed by atoms with Gasteiger partial charge in [0.05, 0.1) is 12.2 Å². The molecule has 0 unspecified atom stereocenters. The predicted molar refractivity (Wildman–Crippen MR) is 78.3 cm³/mol. The fraction of sp³-hybridized carbons (Fsp3) is 0.188. The van der Waals surface area contributed by atoms with E-state index < -0.39 is 0 Å². The Bertz CT molecular complexity index is 662. The second-order valence-corrected chi connectivity index (χ2v) is 5.39. The molecule has 0 heterocycles. The van der Waals surface area contributed by atoms with Crippen LogP contribution in [0, 0.1) is 0 Å². The van der Waals surface area contributed by atoms with E-state index in [4.69, 9.17) is 4.74 Å². The lowest BCUT2D eigenvalue weighted by molar-refractivity contribution is 0.0526. The quantitative estimate of drug-likeness (QED) is 0.662. The molecule has 1 aliphatic rings. The minimum Gasteiger partial charge on any atom is -0.462 e. The van der Waals surface area contributed by atoms with E-state index in [1.807, 2.05) is 31.2 Å². The Morgan fingerprint density at radius 1 is 1.26 bits per heavy atom. The lowest BCUT2D eigenvalue weighted by atomic mass is 10.0. The maximum Gasteiger partial charge on any atom is 0.338 e. The minimum absolute atomic E-state index is 0.256. The van der Waals surface area contributed by atoms with E-state index in [-0.39, 0.29) is 5.97 Å². The summed E-state index contributed by atoms with van der Waals surface area (Å²) in [6.45, 7) is 2.22. The number of ether oxygens (including phenoxy) is 1. The van der Waals surface area contributed by atoms with Crippen molar-refractivity contribution < 1.29 is 9.53 Å². The fourth-order valence-corrected chi connectivity index (χ4v) is 3.01. The lowest BCUT2D eigenvalue weighted by Crippen LogP contribution is -2.04. The molecule has 0 aliphatic heterocycles. The maximum absolute atomic E-state index is 11.8. The van der Waals surface area contributed by atoms with Crippen molar-refractivity contribution in [1.82, 2.24) is 0 Å². The third-order valence-electron chi connectivity index (χ3n) is 3.40. The van der Waals surface area contributed by atoms with E-state index in [0.29, 0.717) is 12.2 Å². The molecule has 0 saturated carbocycles. The third-order valence-corrected chi connectivity index (χ3v) is 4.14. The zero-order valence-corrected chi connectivity index (χ0v) is 12.2. The standard InChI is InChI=1S/C16H13BrO2/c1-2-19-16(18)11-7-6-10-8-14-12(13(10)9-11)4-3-5-15(14)17/h3-7,9H,2,8H2,1H3. The summed E-state index contributed by atoms with van der Waals surface area (Å²) in [4.78, 5) is 11.8. The van der Waals surface area contributed by atoms with Gasteiger partial charge in [-0.1, -0.05) is 34.1 Å². The van der Waals surface area contributed by atoms with Crippen LogP contribution in [0.2, 0.25) is 0 Å². The number of benzene rings is 2. The Hall–Kier alpha value is -1.61. The minimum atomic E-state index is -0.256. The molecular formula is C16H13BrO2. The molecule has 0 atom stereocenters. The van der Waals surface area contributed by atoms with Crippen molar-refractivity contribution in [2.75, 3.05) is 6.61 Å². The average molecular weight is 317 g/mol. The van der Waals surface area contributed by atoms with Gasteiger partial charge in [0.2, 0.25) is 0 Å².